The molecule has 0 saturated heterocycles. The maximum absolute atomic E-state index is 9.51. The van der Waals surface area contributed by atoms with Gasteiger partial charge in [0.05, 0.1) is 12.7 Å². The molecule has 47 valence electrons. The Morgan fingerprint density at radius 2 is 2.50 bits per heavy atom. The van der Waals surface area contributed by atoms with E-state index < -0.39 is 6.10 Å². The van der Waals surface area contributed by atoms with Gasteiger partial charge in [0, 0.05) is 6.42 Å². The molecule has 1 atom stereocenters. The zero-order valence-corrected chi connectivity index (χ0v) is 4.33. The van der Waals surface area contributed by atoms with E-state index in [0.717, 1.165) is 0 Å². The van der Waals surface area contributed by atoms with Crippen LogP contribution in [0.1, 0.15) is 6.42 Å². The van der Waals surface area contributed by atoms with Crippen molar-refractivity contribution in [2.75, 3.05) is 6.61 Å². The van der Waals surface area contributed by atoms with Gasteiger partial charge in [0.2, 0.25) is 6.29 Å². The second kappa shape index (κ2) is 4.70. The fourth-order valence-corrected chi connectivity index (χ4v) is 0.266. The molecule has 3 N–H and O–H groups in total. The van der Waals surface area contributed by atoms with Gasteiger partial charge in [-0.25, -0.2) is 5.90 Å². The summed E-state index contributed by atoms with van der Waals surface area (Å²) in [5.41, 5.74) is 0. The van der Waals surface area contributed by atoms with E-state index >= 15 is 0 Å². The molecule has 0 heterocycles. The molecule has 0 aliphatic carbocycles. The highest BCUT2D eigenvalue weighted by Gasteiger charge is 2.00. The summed E-state index contributed by atoms with van der Waals surface area (Å²) in [5.74, 6) is 4.57. The molecule has 4 nitrogen and oxygen atoms in total. The normalized spacial score (nSPS) is 13.2. The minimum absolute atomic E-state index is 0.0186. The third-order valence-corrected chi connectivity index (χ3v) is 0.608. The van der Waals surface area contributed by atoms with E-state index in [4.69, 9.17) is 5.11 Å². The Bertz CT molecular complexity index is 66.3. The fraction of sp³-hybridized carbons (Fsp3) is 0.750. The van der Waals surface area contributed by atoms with Crippen LogP contribution in [-0.4, -0.2) is 24.1 Å². The molecule has 0 fully saturated rings. The van der Waals surface area contributed by atoms with Gasteiger partial charge in [-0.15, -0.1) is 0 Å². The molecule has 1 radical (unpaired) electrons. The Hall–Kier alpha value is -0.450. The highest BCUT2D eigenvalue weighted by Crippen LogP contribution is 1.84. The first-order valence-corrected chi connectivity index (χ1v) is 2.16. The van der Waals surface area contributed by atoms with Gasteiger partial charge in [-0.2, -0.15) is 0 Å². The Morgan fingerprint density at radius 1 is 1.88 bits per heavy atom. The minimum atomic E-state index is -0.808. The van der Waals surface area contributed by atoms with Crippen LogP contribution in [-0.2, 0) is 9.63 Å². The van der Waals surface area contributed by atoms with Gasteiger partial charge >= 0.3 is 0 Å². The van der Waals surface area contributed by atoms with Crippen LogP contribution in [0, 0.1) is 0 Å². The number of aliphatic hydroxyl groups is 1. The molecule has 0 aliphatic heterocycles. The van der Waals surface area contributed by atoms with E-state index in [9.17, 15) is 4.79 Å². The third-order valence-electron chi connectivity index (χ3n) is 0.608. The minimum Gasteiger partial charge on any atom is -0.390 e. The Balaban J connectivity index is 3.03. The predicted octanol–water partition coefficient (Wildman–Crippen LogP) is -1.26. The van der Waals surface area contributed by atoms with Crippen LogP contribution in [0.4, 0.5) is 0 Å². The summed E-state index contributed by atoms with van der Waals surface area (Å²) < 4.78 is 0. The zero-order valence-electron chi connectivity index (χ0n) is 4.33. The molecule has 0 aromatic heterocycles. The van der Waals surface area contributed by atoms with E-state index in [0.29, 0.717) is 0 Å². The van der Waals surface area contributed by atoms with Gasteiger partial charge in [0.25, 0.3) is 0 Å². The number of nitrogens with two attached hydrogens (primary N) is 1. The van der Waals surface area contributed by atoms with E-state index in [1.807, 2.05) is 0 Å². The fourth-order valence-electron chi connectivity index (χ4n) is 0.266. The van der Waals surface area contributed by atoms with Crippen molar-refractivity contribution >= 4 is 6.29 Å². The molecule has 0 aromatic carbocycles. The summed E-state index contributed by atoms with van der Waals surface area (Å²) >= 11 is 0. The van der Waals surface area contributed by atoms with Gasteiger partial charge in [-0.1, -0.05) is 0 Å². The van der Waals surface area contributed by atoms with Gasteiger partial charge < -0.3 is 9.94 Å². The topological polar surface area (TPSA) is 72.6 Å². The molecule has 0 saturated carbocycles. The van der Waals surface area contributed by atoms with Crippen molar-refractivity contribution in [1.29, 1.82) is 0 Å². The molecule has 0 rings (SSSR count). The lowest BCUT2D eigenvalue weighted by Gasteiger charge is -2.00. The smallest absolute Gasteiger partial charge is 0.201 e. The number of carbonyl (C=O) groups excluding carboxylic acids is 1. The maximum atomic E-state index is 9.51. The lowest BCUT2D eigenvalue weighted by Crippen LogP contribution is -2.17. The van der Waals surface area contributed by atoms with Crippen molar-refractivity contribution in [2.24, 2.45) is 5.90 Å². The predicted molar refractivity (Wildman–Crippen MR) is 26.5 cm³/mol. The zero-order chi connectivity index (χ0) is 6.41. The molecule has 0 spiro atoms. The molecule has 1 unspecified atom stereocenters. The summed E-state index contributed by atoms with van der Waals surface area (Å²) in [7, 11) is 0. The average molecular weight is 118 g/mol. The van der Waals surface area contributed by atoms with Gasteiger partial charge in [0.15, 0.2) is 0 Å². The molecule has 8 heavy (non-hydrogen) atoms. The molecule has 4 heteroatoms. The quantitative estimate of drug-likeness (QED) is 0.452. The number of aliphatic hydroxyl groups excluding tert-OH is 1. The highest BCUT2D eigenvalue weighted by atomic mass is 16.6. The maximum Gasteiger partial charge on any atom is 0.201 e. The number of hydrogen-bond donors (Lipinski definition) is 2. The number of rotatable bonds is 4. The first-order chi connectivity index (χ1) is 3.81. The summed E-state index contributed by atoms with van der Waals surface area (Å²) in [6, 6.07) is 0. The van der Waals surface area contributed by atoms with Crippen molar-refractivity contribution < 1.29 is 14.7 Å². The van der Waals surface area contributed by atoms with Crippen molar-refractivity contribution in [3.05, 3.63) is 0 Å². The van der Waals surface area contributed by atoms with Crippen LogP contribution in [0.25, 0.3) is 0 Å². The molecule has 0 amide bonds. The molecule has 0 aliphatic rings. The third kappa shape index (κ3) is 3.73. The second-order valence-corrected chi connectivity index (χ2v) is 1.34. The standard InChI is InChI=1S/C4H8NO3/c5-8-3-4(7)1-2-6/h4,7H,1,3,5H2. The lowest BCUT2D eigenvalue weighted by atomic mass is 10.3. The van der Waals surface area contributed by atoms with Crippen LogP contribution in [0.2, 0.25) is 0 Å². The van der Waals surface area contributed by atoms with Crippen molar-refractivity contribution in [3.63, 3.8) is 0 Å². The summed E-state index contributed by atoms with van der Waals surface area (Å²) in [6.07, 6.45) is 0.664. The van der Waals surface area contributed by atoms with E-state index in [1.165, 1.54) is 6.29 Å². The lowest BCUT2D eigenvalue weighted by molar-refractivity contribution is 0.0402. The average Bonchev–Trinajstić information content (AvgIpc) is 1.68. The summed E-state index contributed by atoms with van der Waals surface area (Å²) in [5, 5.41) is 8.58. The first-order valence-electron chi connectivity index (χ1n) is 2.16. The molecule has 0 aromatic rings. The van der Waals surface area contributed by atoms with Crippen LogP contribution < -0.4 is 5.90 Å². The molecule has 0 bridgehead atoms. The first kappa shape index (κ1) is 7.55. The Labute approximate surface area is 47.2 Å². The highest BCUT2D eigenvalue weighted by molar-refractivity contribution is 5.51. The van der Waals surface area contributed by atoms with E-state index in [-0.39, 0.29) is 13.0 Å². The molecular weight excluding hydrogens is 110 g/mol. The Morgan fingerprint density at radius 3 is 2.88 bits per heavy atom. The van der Waals surface area contributed by atoms with Crippen LogP contribution in [0.15, 0.2) is 0 Å². The van der Waals surface area contributed by atoms with E-state index in [1.54, 1.807) is 0 Å². The number of hydrogen-bond acceptors (Lipinski definition) is 4. The van der Waals surface area contributed by atoms with Crippen molar-refractivity contribution in [1.82, 2.24) is 0 Å². The largest absolute Gasteiger partial charge is 0.390 e. The molecular formula is C4H8NO3. The monoisotopic (exact) mass is 118 g/mol. The van der Waals surface area contributed by atoms with Crippen LogP contribution in [0.5, 0.6) is 0 Å². The van der Waals surface area contributed by atoms with Gasteiger partial charge in [-0.3, -0.25) is 4.79 Å². The summed E-state index contributed by atoms with van der Waals surface area (Å²) in [4.78, 5) is 13.5. The van der Waals surface area contributed by atoms with E-state index in [2.05, 4.69) is 10.7 Å². The second-order valence-electron chi connectivity index (χ2n) is 1.34. The van der Waals surface area contributed by atoms with Crippen LogP contribution >= 0.6 is 0 Å². The summed E-state index contributed by atoms with van der Waals surface area (Å²) in [6.45, 7) is -0.0186. The van der Waals surface area contributed by atoms with Gasteiger partial charge in [-0.05, 0) is 0 Å². The Kier molecular flexibility index (Phi) is 4.44. The van der Waals surface area contributed by atoms with Gasteiger partial charge in [0.1, 0.15) is 0 Å². The SMILES string of the molecule is NOCC(O)C[C]=O. The van der Waals surface area contributed by atoms with Crippen LogP contribution in [0.3, 0.4) is 0 Å². The van der Waals surface area contributed by atoms with Crippen molar-refractivity contribution in [2.45, 2.75) is 12.5 Å². The van der Waals surface area contributed by atoms with Crippen molar-refractivity contribution in [3.8, 4) is 0 Å².